The fraction of sp³-hybridized carbons (Fsp3) is 0.633. The Morgan fingerprint density at radius 2 is 1.73 bits per heavy atom. The van der Waals surface area contributed by atoms with Crippen molar-refractivity contribution in [1.29, 1.82) is 0 Å². The number of amides is 2. The van der Waals surface area contributed by atoms with Gasteiger partial charge in [0.05, 0.1) is 17.3 Å². The highest BCUT2D eigenvalue weighted by molar-refractivity contribution is 7.99. The van der Waals surface area contributed by atoms with Crippen molar-refractivity contribution in [3.05, 3.63) is 42.1 Å². The number of aryl methyl sites for hydroxylation is 1. The van der Waals surface area contributed by atoms with Crippen molar-refractivity contribution in [1.82, 2.24) is 24.9 Å². The Bertz CT molecular complexity index is 1140. The molecule has 2 aliphatic heterocycles. The van der Waals surface area contributed by atoms with Gasteiger partial charge in [-0.3, -0.25) is 9.69 Å². The SMILES string of the molecule is Cc1cc(N2CCN(C3CCC(C(NC(=O)OC(C)(C)C)C(=O)N4CCSC4)CC3)CC2)n(-c2ccccc2)n1. The maximum absolute atomic E-state index is 13.5. The summed E-state index contributed by atoms with van der Waals surface area (Å²) >= 11 is 1.77. The molecule has 1 aromatic heterocycles. The smallest absolute Gasteiger partial charge is 0.408 e. The largest absolute Gasteiger partial charge is 0.444 e. The van der Waals surface area contributed by atoms with Gasteiger partial charge in [-0.25, -0.2) is 9.48 Å². The first-order valence-corrected chi connectivity index (χ1v) is 15.8. The number of nitrogens with zero attached hydrogens (tertiary/aromatic N) is 5. The van der Waals surface area contributed by atoms with Gasteiger partial charge in [-0.05, 0) is 71.4 Å². The number of rotatable bonds is 6. The number of thioether (sulfide) groups is 1. The minimum atomic E-state index is -0.599. The molecule has 1 aliphatic carbocycles. The highest BCUT2D eigenvalue weighted by Crippen LogP contribution is 2.33. The van der Waals surface area contributed by atoms with Crippen LogP contribution in [-0.4, -0.2) is 93.6 Å². The molecule has 3 fully saturated rings. The number of ether oxygens (including phenoxy) is 1. The van der Waals surface area contributed by atoms with Crippen LogP contribution in [0.3, 0.4) is 0 Å². The third-order valence-electron chi connectivity index (χ3n) is 8.18. The van der Waals surface area contributed by atoms with Crippen molar-refractivity contribution in [2.24, 2.45) is 5.92 Å². The monoisotopic (exact) mass is 568 g/mol. The van der Waals surface area contributed by atoms with Crippen LogP contribution in [0.25, 0.3) is 5.69 Å². The van der Waals surface area contributed by atoms with E-state index in [1.54, 1.807) is 11.8 Å². The van der Waals surface area contributed by atoms with E-state index in [4.69, 9.17) is 9.84 Å². The summed E-state index contributed by atoms with van der Waals surface area (Å²) in [6.07, 6.45) is 3.44. The molecule has 0 spiro atoms. The maximum Gasteiger partial charge on any atom is 0.408 e. The Labute approximate surface area is 242 Å². The average molecular weight is 569 g/mol. The number of carbonyl (C=O) groups excluding carboxylic acids is 2. The minimum Gasteiger partial charge on any atom is -0.444 e. The number of alkyl carbamates (subject to hydrolysis) is 1. The van der Waals surface area contributed by atoms with E-state index in [1.165, 1.54) is 0 Å². The standard InChI is InChI=1S/C30H44N6O3S/c1-22-20-26(36(32-22)25-8-6-5-7-9-25)34-16-14-33(15-17-34)24-12-10-23(11-13-24)27(28(37)35-18-19-40-21-35)31-29(38)39-30(2,3)4/h5-9,20,23-24,27H,10-19,21H2,1-4H3,(H,31,38). The summed E-state index contributed by atoms with van der Waals surface area (Å²) in [4.78, 5) is 33.1. The molecule has 1 unspecified atom stereocenters. The van der Waals surface area contributed by atoms with E-state index < -0.39 is 17.7 Å². The summed E-state index contributed by atoms with van der Waals surface area (Å²) in [6, 6.07) is 12.5. The fourth-order valence-corrected chi connectivity index (χ4v) is 7.14. The lowest BCUT2D eigenvalue weighted by Gasteiger charge is -2.43. The zero-order chi connectivity index (χ0) is 28.3. The molecule has 3 heterocycles. The molecule has 10 heteroatoms. The number of para-hydroxylation sites is 1. The Kier molecular flexibility index (Phi) is 8.95. The van der Waals surface area contributed by atoms with Crippen molar-refractivity contribution in [2.75, 3.05) is 49.3 Å². The molecule has 2 saturated heterocycles. The van der Waals surface area contributed by atoms with Crippen molar-refractivity contribution >= 4 is 29.6 Å². The molecule has 1 saturated carbocycles. The van der Waals surface area contributed by atoms with E-state index in [-0.39, 0.29) is 11.8 Å². The van der Waals surface area contributed by atoms with E-state index >= 15 is 0 Å². The first kappa shape index (κ1) is 28.8. The molecule has 9 nitrogen and oxygen atoms in total. The maximum atomic E-state index is 13.5. The van der Waals surface area contributed by atoms with Gasteiger partial charge in [-0.2, -0.15) is 5.10 Å². The number of benzene rings is 1. The van der Waals surface area contributed by atoms with E-state index in [1.807, 2.05) is 31.7 Å². The van der Waals surface area contributed by atoms with Crippen molar-refractivity contribution in [2.45, 2.75) is 71.1 Å². The number of nitrogens with one attached hydrogen (secondary N) is 1. The molecule has 3 aliphatic rings. The molecule has 0 bridgehead atoms. The zero-order valence-electron chi connectivity index (χ0n) is 24.3. The second-order valence-corrected chi connectivity index (χ2v) is 13.3. The van der Waals surface area contributed by atoms with Crippen LogP contribution >= 0.6 is 11.8 Å². The number of hydrogen-bond acceptors (Lipinski definition) is 7. The summed E-state index contributed by atoms with van der Waals surface area (Å²) < 4.78 is 7.59. The Morgan fingerprint density at radius 3 is 2.35 bits per heavy atom. The number of anilines is 1. The van der Waals surface area contributed by atoms with Gasteiger partial charge in [-0.1, -0.05) is 18.2 Å². The van der Waals surface area contributed by atoms with Crippen molar-refractivity contribution < 1.29 is 14.3 Å². The van der Waals surface area contributed by atoms with Crippen LogP contribution < -0.4 is 10.2 Å². The molecule has 2 amide bonds. The first-order chi connectivity index (χ1) is 19.2. The van der Waals surface area contributed by atoms with E-state index in [2.05, 4.69) is 57.1 Å². The second kappa shape index (κ2) is 12.4. The van der Waals surface area contributed by atoms with Crippen LogP contribution in [0, 0.1) is 12.8 Å². The van der Waals surface area contributed by atoms with Gasteiger partial charge < -0.3 is 19.9 Å². The number of aromatic nitrogens is 2. The van der Waals surface area contributed by atoms with Gasteiger partial charge in [0, 0.05) is 50.6 Å². The summed E-state index contributed by atoms with van der Waals surface area (Å²) in [6.45, 7) is 12.3. The van der Waals surface area contributed by atoms with Gasteiger partial charge in [0.25, 0.3) is 0 Å². The van der Waals surface area contributed by atoms with Crippen LogP contribution in [-0.2, 0) is 9.53 Å². The van der Waals surface area contributed by atoms with E-state index in [0.29, 0.717) is 11.9 Å². The zero-order valence-corrected chi connectivity index (χ0v) is 25.2. The first-order valence-electron chi connectivity index (χ1n) is 14.6. The Morgan fingerprint density at radius 1 is 1.02 bits per heavy atom. The van der Waals surface area contributed by atoms with E-state index in [0.717, 1.165) is 81.4 Å². The number of carbonyl (C=O) groups is 2. The molecule has 2 aromatic rings. The molecular weight excluding hydrogens is 524 g/mol. The molecule has 5 rings (SSSR count). The summed E-state index contributed by atoms with van der Waals surface area (Å²) in [5, 5.41) is 7.73. The highest BCUT2D eigenvalue weighted by Gasteiger charge is 2.38. The minimum absolute atomic E-state index is 0.0400. The van der Waals surface area contributed by atoms with Gasteiger partial charge in [0.1, 0.15) is 17.5 Å². The average Bonchev–Trinajstić information content (AvgIpc) is 3.62. The lowest BCUT2D eigenvalue weighted by atomic mass is 9.80. The normalized spacial score (nSPS) is 23.2. The van der Waals surface area contributed by atoms with Crippen LogP contribution in [0.4, 0.5) is 10.6 Å². The molecule has 0 radical (unpaired) electrons. The van der Waals surface area contributed by atoms with Crippen LogP contribution in [0.15, 0.2) is 36.4 Å². The van der Waals surface area contributed by atoms with Crippen molar-refractivity contribution in [3.8, 4) is 5.69 Å². The number of hydrogen-bond donors (Lipinski definition) is 1. The van der Waals surface area contributed by atoms with Gasteiger partial charge in [0.15, 0.2) is 0 Å². The fourth-order valence-electron chi connectivity index (χ4n) is 6.19. The summed E-state index contributed by atoms with van der Waals surface area (Å²) in [7, 11) is 0. The lowest BCUT2D eigenvalue weighted by Crippen LogP contribution is -2.55. The topological polar surface area (TPSA) is 82.9 Å². The van der Waals surface area contributed by atoms with Crippen molar-refractivity contribution in [3.63, 3.8) is 0 Å². The third-order valence-corrected chi connectivity index (χ3v) is 9.15. The van der Waals surface area contributed by atoms with Gasteiger partial charge in [0.2, 0.25) is 5.91 Å². The molecule has 218 valence electrons. The lowest BCUT2D eigenvalue weighted by molar-refractivity contribution is -0.133. The van der Waals surface area contributed by atoms with Crippen LogP contribution in [0.2, 0.25) is 0 Å². The van der Waals surface area contributed by atoms with Crippen LogP contribution in [0.5, 0.6) is 0 Å². The highest BCUT2D eigenvalue weighted by atomic mass is 32.2. The summed E-state index contributed by atoms with van der Waals surface area (Å²) in [5.41, 5.74) is 1.51. The van der Waals surface area contributed by atoms with E-state index in [9.17, 15) is 9.59 Å². The third kappa shape index (κ3) is 6.94. The predicted molar refractivity (Wildman–Crippen MR) is 160 cm³/mol. The number of piperazine rings is 1. The molecule has 1 aromatic carbocycles. The van der Waals surface area contributed by atoms with Gasteiger partial charge in [-0.15, -0.1) is 11.8 Å². The molecule has 40 heavy (non-hydrogen) atoms. The molecular formula is C30H44N6O3S. The molecule has 1 N–H and O–H groups in total. The molecule has 1 atom stereocenters. The quantitative estimate of drug-likeness (QED) is 0.557. The second-order valence-electron chi connectivity index (χ2n) is 12.2. The van der Waals surface area contributed by atoms with Gasteiger partial charge >= 0.3 is 6.09 Å². The predicted octanol–water partition coefficient (Wildman–Crippen LogP) is 4.29. The Balaban J connectivity index is 1.17. The summed E-state index contributed by atoms with van der Waals surface area (Å²) in [5.74, 6) is 2.98. The Hall–Kier alpha value is -2.72. The van der Waals surface area contributed by atoms with Crippen LogP contribution in [0.1, 0.15) is 52.1 Å².